The zero-order valence-electron chi connectivity index (χ0n) is 15.1. The fourth-order valence-electron chi connectivity index (χ4n) is 3.91. The van der Waals surface area contributed by atoms with Crippen molar-refractivity contribution in [1.29, 1.82) is 0 Å². The van der Waals surface area contributed by atoms with Gasteiger partial charge in [-0.3, -0.25) is 4.79 Å². The van der Waals surface area contributed by atoms with E-state index < -0.39 is 15.3 Å². The van der Waals surface area contributed by atoms with E-state index in [-0.39, 0.29) is 18.4 Å². The molecule has 1 amide bonds. The first-order valence-electron chi connectivity index (χ1n) is 9.22. The smallest absolute Gasteiger partial charge is 0.225 e. The number of hydrogen-bond donors (Lipinski definition) is 0. The van der Waals surface area contributed by atoms with Gasteiger partial charge in [-0.15, -0.1) is 0 Å². The van der Waals surface area contributed by atoms with Gasteiger partial charge in [-0.05, 0) is 37.3 Å². The normalized spacial score (nSPS) is 22.1. The Hall–Kier alpha value is -1.18. The first-order valence-corrected chi connectivity index (χ1v) is 11.1. The van der Waals surface area contributed by atoms with Crippen LogP contribution in [-0.4, -0.2) is 53.9 Å². The minimum absolute atomic E-state index is 0.0920. The van der Waals surface area contributed by atoms with Crippen molar-refractivity contribution in [2.45, 2.75) is 50.3 Å². The number of hydrogen-bond acceptors (Lipinski definition) is 4. The minimum atomic E-state index is -3.48. The molecule has 0 spiro atoms. The highest BCUT2D eigenvalue weighted by atomic mass is 35.5. The molecule has 2 aliphatic rings. The van der Waals surface area contributed by atoms with E-state index >= 15 is 0 Å². The number of carbonyl (C=O) groups excluding carboxylic acids is 1. The summed E-state index contributed by atoms with van der Waals surface area (Å²) in [4.78, 5) is 18.4. The molecule has 26 heavy (non-hydrogen) atoms. The van der Waals surface area contributed by atoms with E-state index in [1.54, 1.807) is 30.3 Å². The molecule has 8 heteroatoms. The van der Waals surface area contributed by atoms with Gasteiger partial charge in [-0.25, -0.2) is 17.7 Å². The van der Waals surface area contributed by atoms with E-state index in [0.717, 1.165) is 37.7 Å². The predicted molar refractivity (Wildman–Crippen MR) is 101 cm³/mol. The van der Waals surface area contributed by atoms with Crippen LogP contribution in [0.1, 0.15) is 44.1 Å². The standard InChI is InChI=1S/C18H26ClN3O3S/c1-21(12-14-8-9-17(19)20-11-14)26(24,25)16-7-4-10-22(13-16)18(23)15-5-2-3-6-15/h8-9,11,15-16H,2-7,10,12-13H2,1H3/t16-/m0/s1. The molecule has 0 radical (unpaired) electrons. The monoisotopic (exact) mass is 399 g/mol. The van der Waals surface area contributed by atoms with Gasteiger partial charge in [0.25, 0.3) is 0 Å². The summed E-state index contributed by atoms with van der Waals surface area (Å²) in [6, 6.07) is 3.43. The van der Waals surface area contributed by atoms with Crippen LogP contribution < -0.4 is 0 Å². The van der Waals surface area contributed by atoms with Crippen molar-refractivity contribution in [2.24, 2.45) is 5.92 Å². The Bertz CT molecular complexity index is 733. The van der Waals surface area contributed by atoms with Gasteiger partial charge < -0.3 is 4.90 Å². The lowest BCUT2D eigenvalue weighted by Crippen LogP contribution is -2.49. The molecular weight excluding hydrogens is 374 g/mol. The van der Waals surface area contributed by atoms with Crippen LogP contribution in [0.15, 0.2) is 18.3 Å². The minimum Gasteiger partial charge on any atom is -0.341 e. The quantitative estimate of drug-likeness (QED) is 0.713. The maximum atomic E-state index is 13.0. The summed E-state index contributed by atoms with van der Waals surface area (Å²) in [6.07, 6.45) is 7.00. The number of sulfonamides is 1. The summed E-state index contributed by atoms with van der Waals surface area (Å²) >= 11 is 5.78. The lowest BCUT2D eigenvalue weighted by molar-refractivity contribution is -0.136. The van der Waals surface area contributed by atoms with Gasteiger partial charge in [0, 0.05) is 38.8 Å². The SMILES string of the molecule is CN(Cc1ccc(Cl)nc1)S(=O)(=O)[C@H]1CCCN(C(=O)C2CCCC2)C1. The molecular formula is C18H26ClN3O3S. The second-order valence-electron chi connectivity index (χ2n) is 7.32. The Labute approximate surface area is 160 Å². The van der Waals surface area contributed by atoms with E-state index in [0.29, 0.717) is 24.7 Å². The average Bonchev–Trinajstić information content (AvgIpc) is 3.17. The lowest BCUT2D eigenvalue weighted by Gasteiger charge is -2.35. The predicted octanol–water partition coefficient (Wildman–Crippen LogP) is 2.68. The van der Waals surface area contributed by atoms with Crippen LogP contribution in [0, 0.1) is 5.92 Å². The van der Waals surface area contributed by atoms with Crippen molar-refractivity contribution < 1.29 is 13.2 Å². The third-order valence-electron chi connectivity index (χ3n) is 5.44. The highest BCUT2D eigenvalue weighted by molar-refractivity contribution is 7.89. The van der Waals surface area contributed by atoms with E-state index in [1.165, 1.54) is 4.31 Å². The van der Waals surface area contributed by atoms with Crippen molar-refractivity contribution in [1.82, 2.24) is 14.2 Å². The molecule has 1 saturated heterocycles. The van der Waals surface area contributed by atoms with Crippen LogP contribution in [0.2, 0.25) is 5.15 Å². The van der Waals surface area contributed by atoms with Gasteiger partial charge >= 0.3 is 0 Å². The van der Waals surface area contributed by atoms with Crippen molar-refractivity contribution in [3.05, 3.63) is 29.0 Å². The van der Waals surface area contributed by atoms with Crippen LogP contribution in [0.3, 0.4) is 0 Å². The van der Waals surface area contributed by atoms with Crippen LogP contribution in [0.5, 0.6) is 0 Å². The topological polar surface area (TPSA) is 70.6 Å². The summed E-state index contributed by atoms with van der Waals surface area (Å²) in [5.41, 5.74) is 0.787. The Kier molecular flexibility index (Phi) is 6.20. The van der Waals surface area contributed by atoms with E-state index in [4.69, 9.17) is 11.6 Å². The number of rotatable bonds is 5. The van der Waals surface area contributed by atoms with Gasteiger partial charge in [-0.1, -0.05) is 30.5 Å². The maximum absolute atomic E-state index is 13.0. The molecule has 0 unspecified atom stereocenters. The summed E-state index contributed by atoms with van der Waals surface area (Å²) in [5, 5.41) is -0.153. The molecule has 3 rings (SSSR count). The average molecular weight is 400 g/mol. The Balaban J connectivity index is 1.65. The van der Waals surface area contributed by atoms with Crippen molar-refractivity contribution in [3.63, 3.8) is 0 Å². The van der Waals surface area contributed by atoms with Crippen LogP contribution >= 0.6 is 11.6 Å². The molecule has 1 aromatic rings. The number of aromatic nitrogens is 1. The van der Waals surface area contributed by atoms with E-state index in [1.807, 2.05) is 0 Å². The molecule has 2 heterocycles. The molecule has 0 aromatic carbocycles. The molecule has 144 valence electrons. The molecule has 1 aromatic heterocycles. The highest BCUT2D eigenvalue weighted by Gasteiger charge is 2.37. The first kappa shape index (κ1) is 19.6. The number of amides is 1. The molecule has 2 fully saturated rings. The van der Waals surface area contributed by atoms with Gasteiger partial charge in [0.1, 0.15) is 5.15 Å². The molecule has 0 bridgehead atoms. The van der Waals surface area contributed by atoms with Crippen LogP contribution in [0.4, 0.5) is 0 Å². The molecule has 1 atom stereocenters. The second kappa shape index (κ2) is 8.23. The molecule has 1 aliphatic carbocycles. The van der Waals surface area contributed by atoms with Crippen LogP contribution in [0.25, 0.3) is 0 Å². The molecule has 1 saturated carbocycles. The number of halogens is 1. The Morgan fingerprint density at radius 2 is 2.00 bits per heavy atom. The lowest BCUT2D eigenvalue weighted by atomic mass is 10.0. The highest BCUT2D eigenvalue weighted by Crippen LogP contribution is 2.29. The molecule has 0 N–H and O–H groups in total. The summed E-state index contributed by atoms with van der Waals surface area (Å²) in [5.74, 6) is 0.237. The van der Waals surface area contributed by atoms with Crippen molar-refractivity contribution in [3.8, 4) is 0 Å². The van der Waals surface area contributed by atoms with E-state index in [9.17, 15) is 13.2 Å². The summed E-state index contributed by atoms with van der Waals surface area (Å²) in [6.45, 7) is 1.23. The largest absolute Gasteiger partial charge is 0.341 e. The van der Waals surface area contributed by atoms with E-state index in [2.05, 4.69) is 4.98 Å². The number of piperidine rings is 1. The fourth-order valence-corrected chi connectivity index (χ4v) is 5.70. The third kappa shape index (κ3) is 4.38. The number of likely N-dealkylation sites (tertiary alicyclic amines) is 1. The third-order valence-corrected chi connectivity index (χ3v) is 7.89. The van der Waals surface area contributed by atoms with Gasteiger partial charge in [-0.2, -0.15) is 0 Å². The van der Waals surface area contributed by atoms with Crippen molar-refractivity contribution >= 4 is 27.5 Å². The van der Waals surface area contributed by atoms with Crippen molar-refractivity contribution in [2.75, 3.05) is 20.1 Å². The maximum Gasteiger partial charge on any atom is 0.225 e. The number of nitrogens with zero attached hydrogens (tertiary/aromatic N) is 3. The van der Waals surface area contributed by atoms with Gasteiger partial charge in [0.2, 0.25) is 15.9 Å². The number of pyridine rings is 1. The fraction of sp³-hybridized carbons (Fsp3) is 0.667. The Morgan fingerprint density at radius 3 is 2.65 bits per heavy atom. The second-order valence-corrected chi connectivity index (χ2v) is 10.0. The Morgan fingerprint density at radius 1 is 1.27 bits per heavy atom. The summed E-state index contributed by atoms with van der Waals surface area (Å²) in [7, 11) is -1.90. The number of carbonyl (C=O) groups is 1. The molecule has 1 aliphatic heterocycles. The zero-order valence-corrected chi connectivity index (χ0v) is 16.7. The zero-order chi connectivity index (χ0) is 18.7. The molecule has 6 nitrogen and oxygen atoms in total. The summed E-state index contributed by atoms with van der Waals surface area (Å²) < 4.78 is 27.3. The van der Waals surface area contributed by atoms with Crippen LogP contribution in [-0.2, 0) is 21.4 Å². The van der Waals surface area contributed by atoms with Gasteiger partial charge in [0.15, 0.2) is 0 Å². The first-order chi connectivity index (χ1) is 12.4. The van der Waals surface area contributed by atoms with Gasteiger partial charge in [0.05, 0.1) is 5.25 Å².